The van der Waals surface area contributed by atoms with Crippen molar-refractivity contribution in [3.63, 3.8) is 0 Å². The molecule has 0 aliphatic carbocycles. The number of rotatable bonds is 5. The highest BCUT2D eigenvalue weighted by Crippen LogP contribution is 2.34. The Balaban J connectivity index is 1.64. The fourth-order valence-corrected chi connectivity index (χ4v) is 3.75. The van der Waals surface area contributed by atoms with Gasteiger partial charge in [0.05, 0.1) is 21.2 Å². The molecule has 0 aliphatic heterocycles. The second kappa shape index (κ2) is 7.53. The Kier molecular flexibility index (Phi) is 4.77. The van der Waals surface area contributed by atoms with Crippen molar-refractivity contribution in [2.75, 3.05) is 5.32 Å². The Bertz CT molecular complexity index is 1140. The van der Waals surface area contributed by atoms with E-state index in [1.165, 1.54) is 12.1 Å². The molecule has 0 unspecified atom stereocenters. The summed E-state index contributed by atoms with van der Waals surface area (Å²) in [5.74, 6) is 0.368. The first-order chi connectivity index (χ1) is 13.6. The number of aromatic nitrogens is 3. The van der Waals surface area contributed by atoms with Gasteiger partial charge in [0.25, 0.3) is 5.69 Å². The fourth-order valence-electron chi connectivity index (χ4n) is 2.71. The Morgan fingerprint density at radius 2 is 1.86 bits per heavy atom. The van der Waals surface area contributed by atoms with E-state index >= 15 is 0 Å². The number of thiazole rings is 1. The van der Waals surface area contributed by atoms with Gasteiger partial charge in [0.2, 0.25) is 5.95 Å². The lowest BCUT2D eigenvalue weighted by Crippen LogP contribution is -1.98. The van der Waals surface area contributed by atoms with Gasteiger partial charge in [-0.3, -0.25) is 10.1 Å². The molecule has 4 rings (SSSR count). The van der Waals surface area contributed by atoms with E-state index in [0.717, 1.165) is 26.8 Å². The van der Waals surface area contributed by atoms with Crippen LogP contribution in [0.3, 0.4) is 0 Å². The van der Waals surface area contributed by atoms with Crippen molar-refractivity contribution in [2.24, 2.45) is 0 Å². The number of nitro benzene ring substituents is 1. The van der Waals surface area contributed by atoms with E-state index < -0.39 is 4.92 Å². The molecule has 138 valence electrons. The molecule has 7 nitrogen and oxygen atoms in total. The van der Waals surface area contributed by atoms with Crippen LogP contribution in [0.1, 0.15) is 5.69 Å². The number of aryl methyl sites for hydroxylation is 1. The number of nitrogens with zero attached hydrogens (tertiary/aromatic N) is 4. The summed E-state index contributed by atoms with van der Waals surface area (Å²) in [6.07, 6.45) is 1.66. The lowest BCUT2D eigenvalue weighted by Gasteiger charge is -2.06. The highest BCUT2D eigenvalue weighted by molar-refractivity contribution is 7.18. The quantitative estimate of drug-likeness (QED) is 0.371. The molecule has 0 amide bonds. The number of nitro groups is 1. The molecule has 1 N–H and O–H groups in total. The maximum atomic E-state index is 10.9. The van der Waals surface area contributed by atoms with Crippen molar-refractivity contribution in [3.05, 3.63) is 82.7 Å². The Labute approximate surface area is 164 Å². The average Bonchev–Trinajstić information content (AvgIpc) is 3.11. The minimum Gasteiger partial charge on any atom is -0.324 e. The van der Waals surface area contributed by atoms with Gasteiger partial charge in [0.1, 0.15) is 5.01 Å². The third kappa shape index (κ3) is 3.72. The van der Waals surface area contributed by atoms with Gasteiger partial charge in [-0.2, -0.15) is 0 Å². The van der Waals surface area contributed by atoms with E-state index in [-0.39, 0.29) is 5.69 Å². The molecule has 2 heterocycles. The van der Waals surface area contributed by atoms with Crippen LogP contribution >= 0.6 is 11.3 Å². The average molecular weight is 389 g/mol. The normalized spacial score (nSPS) is 10.6. The number of benzene rings is 2. The van der Waals surface area contributed by atoms with E-state index in [1.807, 2.05) is 43.3 Å². The largest absolute Gasteiger partial charge is 0.324 e. The summed E-state index contributed by atoms with van der Waals surface area (Å²) in [7, 11) is 0. The number of hydrogen-bond donors (Lipinski definition) is 1. The summed E-state index contributed by atoms with van der Waals surface area (Å²) >= 11 is 1.57. The summed E-state index contributed by atoms with van der Waals surface area (Å²) in [6.45, 7) is 1.95. The summed E-state index contributed by atoms with van der Waals surface area (Å²) in [5.41, 5.74) is 3.26. The Hall–Kier alpha value is -3.65. The van der Waals surface area contributed by atoms with Gasteiger partial charge in [-0.15, -0.1) is 11.3 Å². The van der Waals surface area contributed by atoms with Crippen LogP contribution in [0.15, 0.2) is 66.9 Å². The third-order valence-corrected chi connectivity index (χ3v) is 5.25. The summed E-state index contributed by atoms with van der Waals surface area (Å²) < 4.78 is 0. The summed E-state index contributed by atoms with van der Waals surface area (Å²) in [6, 6.07) is 18.0. The van der Waals surface area contributed by atoms with Crippen molar-refractivity contribution in [1.29, 1.82) is 0 Å². The van der Waals surface area contributed by atoms with Crippen molar-refractivity contribution in [3.8, 4) is 21.1 Å². The predicted octanol–water partition coefficient (Wildman–Crippen LogP) is 5.23. The Morgan fingerprint density at radius 3 is 2.64 bits per heavy atom. The lowest BCUT2D eigenvalue weighted by atomic mass is 10.2. The molecule has 4 aromatic rings. The minimum absolute atomic E-state index is 0.00644. The van der Waals surface area contributed by atoms with Gasteiger partial charge in [0, 0.05) is 29.6 Å². The highest BCUT2D eigenvalue weighted by Gasteiger charge is 2.13. The number of hydrogen-bond acceptors (Lipinski definition) is 7. The zero-order valence-corrected chi connectivity index (χ0v) is 15.7. The van der Waals surface area contributed by atoms with Gasteiger partial charge >= 0.3 is 0 Å². The lowest BCUT2D eigenvalue weighted by molar-refractivity contribution is -0.384. The van der Waals surface area contributed by atoms with Crippen molar-refractivity contribution < 1.29 is 4.92 Å². The molecule has 0 atom stereocenters. The molecule has 0 saturated carbocycles. The smallest absolute Gasteiger partial charge is 0.271 e. The number of anilines is 2. The molecule has 2 aromatic carbocycles. The van der Waals surface area contributed by atoms with Crippen LogP contribution in [0, 0.1) is 17.0 Å². The molecular weight excluding hydrogens is 374 g/mol. The van der Waals surface area contributed by atoms with Gasteiger partial charge in [-0.05, 0) is 19.1 Å². The van der Waals surface area contributed by atoms with Crippen molar-refractivity contribution in [2.45, 2.75) is 6.92 Å². The van der Waals surface area contributed by atoms with Gasteiger partial charge in [-0.1, -0.05) is 36.4 Å². The first-order valence-corrected chi connectivity index (χ1v) is 9.29. The first kappa shape index (κ1) is 17.7. The van der Waals surface area contributed by atoms with E-state index in [4.69, 9.17) is 0 Å². The van der Waals surface area contributed by atoms with E-state index in [2.05, 4.69) is 20.3 Å². The van der Waals surface area contributed by atoms with Crippen LogP contribution in [0.25, 0.3) is 21.1 Å². The molecule has 0 saturated heterocycles. The van der Waals surface area contributed by atoms with Crippen LogP contribution in [0.4, 0.5) is 17.3 Å². The van der Waals surface area contributed by atoms with Crippen LogP contribution in [0.5, 0.6) is 0 Å². The Morgan fingerprint density at radius 1 is 1.04 bits per heavy atom. The first-order valence-electron chi connectivity index (χ1n) is 8.48. The van der Waals surface area contributed by atoms with Gasteiger partial charge in [0.15, 0.2) is 0 Å². The molecule has 0 aliphatic rings. The van der Waals surface area contributed by atoms with Crippen LogP contribution in [-0.4, -0.2) is 19.9 Å². The number of nitrogens with one attached hydrogen (secondary N) is 1. The minimum atomic E-state index is -0.436. The second-order valence-electron chi connectivity index (χ2n) is 6.00. The van der Waals surface area contributed by atoms with Gasteiger partial charge in [-0.25, -0.2) is 15.0 Å². The predicted molar refractivity (Wildman–Crippen MR) is 110 cm³/mol. The fraction of sp³-hybridized carbons (Fsp3) is 0.0500. The zero-order chi connectivity index (χ0) is 19.5. The van der Waals surface area contributed by atoms with Crippen molar-refractivity contribution in [1.82, 2.24) is 15.0 Å². The zero-order valence-electron chi connectivity index (χ0n) is 14.9. The molecular formula is C20H15N5O2S. The molecule has 2 aromatic heterocycles. The standard InChI is InChI=1S/C20H15N5O2S/c1-13-18(28-19(22-13)14-6-3-2-4-7-14)17-10-11-21-20(24-17)23-15-8-5-9-16(12-15)25(26)27/h2-12H,1H3,(H,21,23,24). The second-order valence-corrected chi connectivity index (χ2v) is 7.00. The molecule has 28 heavy (non-hydrogen) atoms. The maximum absolute atomic E-state index is 10.9. The molecule has 0 bridgehead atoms. The van der Waals surface area contributed by atoms with E-state index in [0.29, 0.717) is 11.6 Å². The summed E-state index contributed by atoms with van der Waals surface area (Å²) in [5, 5.41) is 14.9. The van der Waals surface area contributed by atoms with Gasteiger partial charge < -0.3 is 5.32 Å². The SMILES string of the molecule is Cc1nc(-c2ccccc2)sc1-c1ccnc(Nc2cccc([N+](=O)[O-])c2)n1. The van der Waals surface area contributed by atoms with E-state index in [1.54, 1.807) is 29.7 Å². The highest BCUT2D eigenvalue weighted by atomic mass is 32.1. The summed E-state index contributed by atoms with van der Waals surface area (Å²) in [4.78, 5) is 24.9. The van der Waals surface area contributed by atoms with E-state index in [9.17, 15) is 10.1 Å². The molecule has 8 heteroatoms. The van der Waals surface area contributed by atoms with Crippen LogP contribution in [-0.2, 0) is 0 Å². The van der Waals surface area contributed by atoms with Crippen LogP contribution in [0.2, 0.25) is 0 Å². The number of non-ortho nitro benzene ring substituents is 1. The topological polar surface area (TPSA) is 93.8 Å². The maximum Gasteiger partial charge on any atom is 0.271 e. The monoisotopic (exact) mass is 389 g/mol. The molecule has 0 spiro atoms. The molecule has 0 fully saturated rings. The van der Waals surface area contributed by atoms with Crippen LogP contribution < -0.4 is 5.32 Å². The van der Waals surface area contributed by atoms with Crippen molar-refractivity contribution >= 4 is 28.7 Å². The molecule has 0 radical (unpaired) electrons. The third-order valence-electron chi connectivity index (χ3n) is 4.02.